The van der Waals surface area contributed by atoms with Gasteiger partial charge in [-0.25, -0.2) is 0 Å². The van der Waals surface area contributed by atoms with Gasteiger partial charge in [-0.15, -0.1) is 0 Å². The predicted octanol–water partition coefficient (Wildman–Crippen LogP) is 3.81. The topological polar surface area (TPSA) is 15.3 Å². The standard InChI is InChI=1S/C17H34N2/c1-4-12-18-15-8-11-17(13-15)19(3)16-9-6-14(5-2)7-10-16/h14-18H,4-13H2,1-3H3. The third-order valence-corrected chi connectivity index (χ3v) is 5.63. The normalized spacial score (nSPS) is 36.0. The van der Waals surface area contributed by atoms with Crippen LogP contribution in [0, 0.1) is 5.92 Å². The summed E-state index contributed by atoms with van der Waals surface area (Å²) >= 11 is 0. The summed E-state index contributed by atoms with van der Waals surface area (Å²) in [5, 5.41) is 3.71. The molecular formula is C17H34N2. The van der Waals surface area contributed by atoms with Crippen LogP contribution in [0.1, 0.15) is 71.6 Å². The van der Waals surface area contributed by atoms with Crippen molar-refractivity contribution in [3.05, 3.63) is 0 Å². The van der Waals surface area contributed by atoms with Gasteiger partial charge in [-0.3, -0.25) is 0 Å². The molecule has 112 valence electrons. The molecule has 2 fully saturated rings. The lowest BCUT2D eigenvalue weighted by Gasteiger charge is -2.38. The van der Waals surface area contributed by atoms with E-state index in [0.717, 1.165) is 24.0 Å². The Morgan fingerprint density at radius 2 is 1.63 bits per heavy atom. The molecule has 0 amide bonds. The summed E-state index contributed by atoms with van der Waals surface area (Å²) in [7, 11) is 2.39. The number of nitrogens with one attached hydrogen (secondary N) is 1. The molecule has 0 aliphatic heterocycles. The van der Waals surface area contributed by atoms with Gasteiger partial charge in [0.2, 0.25) is 0 Å². The molecule has 0 bridgehead atoms. The predicted molar refractivity (Wildman–Crippen MR) is 83.5 cm³/mol. The Kier molecular flexibility index (Phi) is 6.15. The van der Waals surface area contributed by atoms with Gasteiger partial charge in [-0.05, 0) is 70.9 Å². The quantitative estimate of drug-likeness (QED) is 0.786. The van der Waals surface area contributed by atoms with Crippen molar-refractivity contribution < 1.29 is 0 Å². The monoisotopic (exact) mass is 266 g/mol. The van der Waals surface area contributed by atoms with Crippen LogP contribution >= 0.6 is 0 Å². The Balaban J connectivity index is 1.73. The van der Waals surface area contributed by atoms with Crippen LogP contribution in [0.15, 0.2) is 0 Å². The lowest BCUT2D eigenvalue weighted by molar-refractivity contribution is 0.120. The van der Waals surface area contributed by atoms with Crippen LogP contribution in [0.3, 0.4) is 0 Å². The SMILES string of the molecule is CCCNC1CCC(N(C)C2CCC(CC)CC2)C1. The molecule has 2 atom stereocenters. The number of rotatable bonds is 6. The summed E-state index contributed by atoms with van der Waals surface area (Å²) in [5.41, 5.74) is 0. The first-order valence-corrected chi connectivity index (χ1v) is 8.69. The van der Waals surface area contributed by atoms with Crippen molar-refractivity contribution in [2.75, 3.05) is 13.6 Å². The highest BCUT2D eigenvalue weighted by molar-refractivity contribution is 4.89. The molecule has 0 saturated heterocycles. The molecule has 2 rings (SSSR count). The summed E-state index contributed by atoms with van der Waals surface area (Å²) < 4.78 is 0. The number of hydrogen-bond acceptors (Lipinski definition) is 2. The first kappa shape index (κ1) is 15.3. The Morgan fingerprint density at radius 3 is 2.26 bits per heavy atom. The molecule has 0 radical (unpaired) electrons. The van der Waals surface area contributed by atoms with Crippen molar-refractivity contribution in [3.8, 4) is 0 Å². The summed E-state index contributed by atoms with van der Waals surface area (Å²) in [4.78, 5) is 2.74. The van der Waals surface area contributed by atoms with Gasteiger partial charge in [0.25, 0.3) is 0 Å². The third-order valence-electron chi connectivity index (χ3n) is 5.63. The van der Waals surface area contributed by atoms with E-state index in [1.54, 1.807) is 0 Å². The molecule has 2 unspecified atom stereocenters. The van der Waals surface area contributed by atoms with Gasteiger partial charge < -0.3 is 10.2 Å². The maximum atomic E-state index is 3.71. The zero-order chi connectivity index (χ0) is 13.7. The largest absolute Gasteiger partial charge is 0.314 e. The van der Waals surface area contributed by atoms with Gasteiger partial charge >= 0.3 is 0 Å². The lowest BCUT2D eigenvalue weighted by Crippen LogP contribution is -2.42. The molecule has 0 aromatic rings. The van der Waals surface area contributed by atoms with Gasteiger partial charge in [0.05, 0.1) is 0 Å². The Bertz CT molecular complexity index is 246. The average molecular weight is 266 g/mol. The van der Waals surface area contributed by atoms with Crippen LogP contribution in [0.25, 0.3) is 0 Å². The summed E-state index contributed by atoms with van der Waals surface area (Å²) in [6.07, 6.45) is 12.7. The minimum atomic E-state index is 0.791. The molecule has 2 saturated carbocycles. The smallest absolute Gasteiger partial charge is 0.0110 e. The summed E-state index contributed by atoms with van der Waals surface area (Å²) in [6, 6.07) is 2.51. The van der Waals surface area contributed by atoms with Crippen LogP contribution in [-0.4, -0.2) is 36.6 Å². The highest BCUT2D eigenvalue weighted by Crippen LogP contribution is 2.33. The zero-order valence-corrected chi connectivity index (χ0v) is 13.3. The van der Waals surface area contributed by atoms with E-state index < -0.39 is 0 Å². The van der Waals surface area contributed by atoms with Gasteiger partial charge in [-0.1, -0.05) is 20.3 Å². The van der Waals surface area contributed by atoms with Gasteiger partial charge in [0.1, 0.15) is 0 Å². The van der Waals surface area contributed by atoms with Gasteiger partial charge in [0.15, 0.2) is 0 Å². The fourth-order valence-electron chi connectivity index (χ4n) is 4.12. The second-order valence-electron chi connectivity index (χ2n) is 6.87. The third kappa shape index (κ3) is 4.19. The highest BCUT2D eigenvalue weighted by Gasteiger charge is 2.32. The Morgan fingerprint density at radius 1 is 0.947 bits per heavy atom. The molecule has 2 heteroatoms. The van der Waals surface area contributed by atoms with E-state index in [9.17, 15) is 0 Å². The maximum Gasteiger partial charge on any atom is 0.0110 e. The number of nitrogens with zero attached hydrogens (tertiary/aromatic N) is 1. The average Bonchev–Trinajstić information content (AvgIpc) is 2.93. The molecule has 0 heterocycles. The van der Waals surface area contributed by atoms with E-state index in [1.807, 2.05) is 0 Å². The fraction of sp³-hybridized carbons (Fsp3) is 1.00. The van der Waals surface area contributed by atoms with E-state index >= 15 is 0 Å². The van der Waals surface area contributed by atoms with E-state index in [0.29, 0.717) is 0 Å². The summed E-state index contributed by atoms with van der Waals surface area (Å²) in [5.74, 6) is 1.02. The van der Waals surface area contributed by atoms with Crippen LogP contribution in [0.5, 0.6) is 0 Å². The van der Waals surface area contributed by atoms with Crippen molar-refractivity contribution in [2.45, 2.75) is 89.8 Å². The molecule has 2 aliphatic rings. The lowest BCUT2D eigenvalue weighted by atomic mass is 9.83. The molecule has 2 aliphatic carbocycles. The minimum Gasteiger partial charge on any atom is -0.314 e. The van der Waals surface area contributed by atoms with Gasteiger partial charge in [-0.2, -0.15) is 0 Å². The van der Waals surface area contributed by atoms with Crippen molar-refractivity contribution in [2.24, 2.45) is 5.92 Å². The van der Waals surface area contributed by atoms with E-state index in [-0.39, 0.29) is 0 Å². The van der Waals surface area contributed by atoms with Crippen LogP contribution in [-0.2, 0) is 0 Å². The van der Waals surface area contributed by atoms with Crippen LogP contribution in [0.4, 0.5) is 0 Å². The second-order valence-corrected chi connectivity index (χ2v) is 6.87. The molecule has 2 nitrogen and oxygen atoms in total. The maximum absolute atomic E-state index is 3.71. The highest BCUT2D eigenvalue weighted by atomic mass is 15.2. The van der Waals surface area contributed by atoms with E-state index in [4.69, 9.17) is 0 Å². The van der Waals surface area contributed by atoms with Crippen LogP contribution < -0.4 is 5.32 Å². The number of hydrogen-bond donors (Lipinski definition) is 1. The zero-order valence-electron chi connectivity index (χ0n) is 13.3. The molecule has 0 aromatic carbocycles. The molecule has 0 aromatic heterocycles. The Labute approximate surface area is 120 Å². The molecule has 0 spiro atoms. The molecule has 1 N–H and O–H groups in total. The Hall–Kier alpha value is -0.0800. The van der Waals surface area contributed by atoms with Crippen molar-refractivity contribution >= 4 is 0 Å². The minimum absolute atomic E-state index is 0.791. The first-order chi connectivity index (χ1) is 9.24. The van der Waals surface area contributed by atoms with Crippen LogP contribution in [0.2, 0.25) is 0 Å². The summed E-state index contributed by atoms with van der Waals surface area (Å²) in [6.45, 7) is 5.82. The van der Waals surface area contributed by atoms with Crippen molar-refractivity contribution in [1.82, 2.24) is 10.2 Å². The van der Waals surface area contributed by atoms with Crippen molar-refractivity contribution in [1.29, 1.82) is 0 Å². The van der Waals surface area contributed by atoms with E-state index in [2.05, 4.69) is 31.1 Å². The molecular weight excluding hydrogens is 232 g/mol. The first-order valence-electron chi connectivity index (χ1n) is 8.69. The van der Waals surface area contributed by atoms with Crippen molar-refractivity contribution in [3.63, 3.8) is 0 Å². The molecule has 19 heavy (non-hydrogen) atoms. The second kappa shape index (κ2) is 7.64. The fourth-order valence-corrected chi connectivity index (χ4v) is 4.12. The van der Waals surface area contributed by atoms with Gasteiger partial charge in [0, 0.05) is 18.1 Å². The van der Waals surface area contributed by atoms with E-state index in [1.165, 1.54) is 64.3 Å².